The Bertz CT molecular complexity index is 279. The first-order valence-corrected chi connectivity index (χ1v) is 6.16. The second-order valence-electron chi connectivity index (χ2n) is 6.09. The smallest absolute Gasteiger partial charge is 0.407 e. The summed E-state index contributed by atoms with van der Waals surface area (Å²) in [6.45, 7) is 5.93. The van der Waals surface area contributed by atoms with Crippen LogP contribution in [-0.2, 0) is 0 Å². The number of rotatable bonds is 1. The third-order valence-corrected chi connectivity index (χ3v) is 3.74. The van der Waals surface area contributed by atoms with E-state index in [0.717, 1.165) is 12.8 Å². The van der Waals surface area contributed by atoms with E-state index in [9.17, 15) is 9.90 Å². The van der Waals surface area contributed by atoms with Crippen LogP contribution in [0.15, 0.2) is 0 Å². The lowest BCUT2D eigenvalue weighted by molar-refractivity contribution is 0.0521. The summed E-state index contributed by atoms with van der Waals surface area (Å²) in [5.74, 6) is 0. The standard InChI is InChI=1S/C12H22N2O2.ClH/c1-12(2,3)14(11(15)16)10-6-8-4-5-9(7-10)13-8;/h8-10,13H,4-7H2,1-3H3,(H,15,16);1H/t8-,9+,10?;. The Morgan fingerprint density at radius 1 is 1.24 bits per heavy atom. The van der Waals surface area contributed by atoms with Gasteiger partial charge in [0, 0.05) is 23.7 Å². The van der Waals surface area contributed by atoms with Gasteiger partial charge >= 0.3 is 6.09 Å². The number of amides is 1. The summed E-state index contributed by atoms with van der Waals surface area (Å²) in [4.78, 5) is 13.0. The fourth-order valence-electron chi connectivity index (χ4n) is 3.23. The van der Waals surface area contributed by atoms with Crippen molar-refractivity contribution in [2.24, 2.45) is 0 Å². The minimum Gasteiger partial charge on any atom is -0.465 e. The lowest BCUT2D eigenvalue weighted by atomic mass is 9.94. The van der Waals surface area contributed by atoms with Crippen LogP contribution in [-0.4, -0.2) is 39.8 Å². The Labute approximate surface area is 109 Å². The van der Waals surface area contributed by atoms with Crippen molar-refractivity contribution in [1.82, 2.24) is 10.2 Å². The summed E-state index contributed by atoms with van der Waals surface area (Å²) in [6, 6.07) is 1.26. The van der Waals surface area contributed by atoms with Gasteiger partial charge < -0.3 is 15.3 Å². The molecule has 2 bridgehead atoms. The Kier molecular flexibility index (Phi) is 4.31. The van der Waals surface area contributed by atoms with Gasteiger partial charge in [-0.1, -0.05) is 0 Å². The van der Waals surface area contributed by atoms with Crippen molar-refractivity contribution in [2.75, 3.05) is 0 Å². The maximum Gasteiger partial charge on any atom is 0.407 e. The number of piperidine rings is 1. The van der Waals surface area contributed by atoms with E-state index in [0.29, 0.717) is 12.1 Å². The van der Waals surface area contributed by atoms with Crippen LogP contribution in [0.5, 0.6) is 0 Å². The van der Waals surface area contributed by atoms with E-state index < -0.39 is 6.09 Å². The largest absolute Gasteiger partial charge is 0.465 e. The van der Waals surface area contributed by atoms with Crippen LogP contribution in [0.2, 0.25) is 0 Å². The fraction of sp³-hybridized carbons (Fsp3) is 0.917. The first-order valence-electron chi connectivity index (χ1n) is 6.16. The Morgan fingerprint density at radius 2 is 1.71 bits per heavy atom. The summed E-state index contributed by atoms with van der Waals surface area (Å²) < 4.78 is 0. The average Bonchev–Trinajstić information content (AvgIpc) is 2.42. The second kappa shape index (κ2) is 5.02. The predicted octanol–water partition coefficient (Wildman–Crippen LogP) is 2.47. The van der Waals surface area contributed by atoms with Crippen LogP contribution in [0.3, 0.4) is 0 Å². The third kappa shape index (κ3) is 3.05. The maximum atomic E-state index is 11.4. The zero-order valence-corrected chi connectivity index (χ0v) is 11.6. The monoisotopic (exact) mass is 262 g/mol. The number of nitrogens with one attached hydrogen (secondary N) is 1. The predicted molar refractivity (Wildman–Crippen MR) is 69.8 cm³/mol. The van der Waals surface area contributed by atoms with Gasteiger partial charge in [-0.2, -0.15) is 0 Å². The van der Waals surface area contributed by atoms with E-state index in [1.807, 2.05) is 20.8 Å². The molecule has 0 aromatic heterocycles. The molecule has 2 aliphatic rings. The van der Waals surface area contributed by atoms with Crippen LogP contribution in [0, 0.1) is 0 Å². The van der Waals surface area contributed by atoms with Crippen molar-refractivity contribution in [3.05, 3.63) is 0 Å². The molecule has 2 saturated heterocycles. The molecule has 2 aliphatic heterocycles. The van der Waals surface area contributed by atoms with E-state index in [2.05, 4.69) is 5.32 Å². The van der Waals surface area contributed by atoms with Crippen LogP contribution in [0.4, 0.5) is 4.79 Å². The van der Waals surface area contributed by atoms with E-state index in [1.165, 1.54) is 12.8 Å². The highest BCUT2D eigenvalue weighted by Crippen LogP contribution is 2.32. The number of nitrogens with zero attached hydrogens (tertiary/aromatic N) is 1. The van der Waals surface area contributed by atoms with Crippen molar-refractivity contribution in [3.8, 4) is 0 Å². The van der Waals surface area contributed by atoms with Gasteiger partial charge in [-0.25, -0.2) is 4.79 Å². The highest BCUT2D eigenvalue weighted by molar-refractivity contribution is 5.85. The molecule has 0 radical (unpaired) electrons. The van der Waals surface area contributed by atoms with Crippen LogP contribution < -0.4 is 5.32 Å². The van der Waals surface area contributed by atoms with Crippen LogP contribution in [0.1, 0.15) is 46.5 Å². The van der Waals surface area contributed by atoms with Gasteiger partial charge in [0.15, 0.2) is 0 Å². The molecule has 0 saturated carbocycles. The fourth-order valence-corrected chi connectivity index (χ4v) is 3.23. The molecule has 2 rings (SSSR count). The van der Waals surface area contributed by atoms with Gasteiger partial charge in [0.2, 0.25) is 0 Å². The maximum absolute atomic E-state index is 11.4. The zero-order valence-electron chi connectivity index (χ0n) is 10.8. The van der Waals surface area contributed by atoms with Crippen molar-refractivity contribution < 1.29 is 9.90 Å². The Balaban J connectivity index is 0.00000144. The van der Waals surface area contributed by atoms with Crippen LogP contribution in [0.25, 0.3) is 0 Å². The van der Waals surface area contributed by atoms with Crippen molar-refractivity contribution in [3.63, 3.8) is 0 Å². The number of carbonyl (C=O) groups is 1. The van der Waals surface area contributed by atoms with E-state index in [4.69, 9.17) is 0 Å². The normalized spacial score (nSPS) is 31.8. The minimum atomic E-state index is -0.779. The summed E-state index contributed by atoms with van der Waals surface area (Å²) in [5.41, 5.74) is -0.298. The molecule has 1 amide bonds. The molecule has 2 fully saturated rings. The van der Waals surface area contributed by atoms with Gasteiger partial charge in [-0.05, 0) is 46.5 Å². The molecule has 2 heterocycles. The quantitative estimate of drug-likeness (QED) is 0.763. The van der Waals surface area contributed by atoms with Crippen molar-refractivity contribution in [1.29, 1.82) is 0 Å². The topological polar surface area (TPSA) is 52.6 Å². The third-order valence-electron chi connectivity index (χ3n) is 3.74. The average molecular weight is 263 g/mol. The number of halogens is 1. The summed E-state index contributed by atoms with van der Waals surface area (Å²) in [5, 5.41) is 12.9. The molecule has 0 aliphatic carbocycles. The lowest BCUT2D eigenvalue weighted by Gasteiger charge is -2.43. The van der Waals surface area contributed by atoms with Crippen molar-refractivity contribution in [2.45, 2.75) is 70.1 Å². The van der Waals surface area contributed by atoms with Gasteiger partial charge in [0.25, 0.3) is 0 Å². The number of carboxylic acid groups (broad SMARTS) is 1. The highest BCUT2D eigenvalue weighted by Gasteiger charge is 2.41. The summed E-state index contributed by atoms with van der Waals surface area (Å²) in [7, 11) is 0. The Morgan fingerprint density at radius 3 is 2.06 bits per heavy atom. The molecule has 17 heavy (non-hydrogen) atoms. The molecule has 0 spiro atoms. The first kappa shape index (κ1) is 14.6. The SMILES string of the molecule is CC(C)(C)N(C(=O)O)C1C[C@H]2CC[C@@H](C1)N2.Cl. The van der Waals surface area contributed by atoms with Crippen molar-refractivity contribution >= 4 is 18.5 Å². The molecular formula is C12H23ClN2O2. The summed E-state index contributed by atoms with van der Waals surface area (Å²) in [6.07, 6.45) is 3.58. The molecular weight excluding hydrogens is 240 g/mol. The molecule has 4 nitrogen and oxygen atoms in total. The molecule has 0 aromatic carbocycles. The van der Waals surface area contributed by atoms with Gasteiger partial charge in [-0.3, -0.25) is 0 Å². The first-order chi connectivity index (χ1) is 7.38. The number of hydrogen-bond donors (Lipinski definition) is 2. The molecule has 2 N–H and O–H groups in total. The molecule has 0 aromatic rings. The molecule has 3 atom stereocenters. The zero-order chi connectivity index (χ0) is 11.9. The molecule has 5 heteroatoms. The van der Waals surface area contributed by atoms with Gasteiger partial charge in [-0.15, -0.1) is 12.4 Å². The minimum absolute atomic E-state index is 0. The van der Waals surface area contributed by atoms with Crippen LogP contribution >= 0.6 is 12.4 Å². The van der Waals surface area contributed by atoms with E-state index in [1.54, 1.807) is 4.90 Å². The lowest BCUT2D eigenvalue weighted by Crippen LogP contribution is -2.56. The number of fused-ring (bicyclic) bond motifs is 2. The van der Waals surface area contributed by atoms with E-state index in [-0.39, 0.29) is 24.0 Å². The second-order valence-corrected chi connectivity index (χ2v) is 6.09. The Hall–Kier alpha value is -0.480. The number of hydrogen-bond acceptors (Lipinski definition) is 2. The molecule has 100 valence electrons. The molecule has 1 unspecified atom stereocenters. The van der Waals surface area contributed by atoms with Gasteiger partial charge in [0.05, 0.1) is 0 Å². The van der Waals surface area contributed by atoms with Gasteiger partial charge in [0.1, 0.15) is 0 Å². The van der Waals surface area contributed by atoms with E-state index >= 15 is 0 Å². The summed E-state index contributed by atoms with van der Waals surface area (Å²) >= 11 is 0. The highest BCUT2D eigenvalue weighted by atomic mass is 35.5.